The fourth-order valence-corrected chi connectivity index (χ4v) is 3.46. The lowest BCUT2D eigenvalue weighted by Crippen LogP contribution is -2.39. The van der Waals surface area contributed by atoms with Crippen LogP contribution in [0.2, 0.25) is 0 Å². The number of carbonyl (C=O) groups is 2. The Morgan fingerprint density at radius 1 is 1.25 bits per heavy atom. The number of nitrogens with one attached hydrogen (secondary N) is 1. The van der Waals surface area contributed by atoms with Crippen molar-refractivity contribution in [2.45, 2.75) is 30.7 Å². The first-order valence-corrected chi connectivity index (χ1v) is 9.75. The third kappa shape index (κ3) is 3.88. The van der Waals surface area contributed by atoms with Crippen molar-refractivity contribution in [2.24, 2.45) is 10.2 Å². The highest BCUT2D eigenvalue weighted by Gasteiger charge is 2.50. The van der Waals surface area contributed by atoms with E-state index in [2.05, 4.69) is 24.9 Å². The molecular weight excluding hydrogens is 386 g/mol. The van der Waals surface area contributed by atoms with Crippen LogP contribution in [0.1, 0.15) is 19.0 Å². The van der Waals surface area contributed by atoms with E-state index in [0.29, 0.717) is 5.69 Å². The van der Waals surface area contributed by atoms with Gasteiger partial charge in [0.15, 0.2) is 5.78 Å². The van der Waals surface area contributed by atoms with Gasteiger partial charge in [0.25, 0.3) is 10.0 Å². The van der Waals surface area contributed by atoms with E-state index < -0.39 is 27.3 Å². The van der Waals surface area contributed by atoms with Crippen molar-refractivity contribution < 1.29 is 22.7 Å². The van der Waals surface area contributed by atoms with E-state index >= 15 is 0 Å². The molecule has 2 aromatic rings. The van der Waals surface area contributed by atoms with Crippen molar-refractivity contribution in [1.29, 1.82) is 0 Å². The van der Waals surface area contributed by atoms with Crippen molar-refractivity contribution in [1.82, 2.24) is 9.97 Å². The third-order valence-corrected chi connectivity index (χ3v) is 5.46. The molecule has 0 radical (unpaired) electrons. The van der Waals surface area contributed by atoms with Gasteiger partial charge in [-0.15, -0.1) is 0 Å². The predicted octanol–water partition coefficient (Wildman–Crippen LogP) is 1.94. The maximum absolute atomic E-state index is 12.4. The maximum atomic E-state index is 12.4. The van der Waals surface area contributed by atoms with Crippen LogP contribution in [-0.2, 0) is 24.3 Å². The first-order chi connectivity index (χ1) is 13.2. The van der Waals surface area contributed by atoms with Gasteiger partial charge >= 0.3 is 5.97 Å². The predicted molar refractivity (Wildman–Crippen MR) is 97.5 cm³/mol. The lowest BCUT2D eigenvalue weighted by Gasteiger charge is -2.13. The second kappa shape index (κ2) is 7.43. The zero-order valence-corrected chi connectivity index (χ0v) is 15.9. The van der Waals surface area contributed by atoms with Crippen LogP contribution in [0.3, 0.4) is 0 Å². The van der Waals surface area contributed by atoms with Gasteiger partial charge in [-0.05, 0) is 44.2 Å². The lowest BCUT2D eigenvalue weighted by atomic mass is 9.95. The lowest BCUT2D eigenvalue weighted by molar-refractivity contribution is -0.145. The summed E-state index contributed by atoms with van der Waals surface area (Å²) >= 11 is 0. The summed E-state index contributed by atoms with van der Waals surface area (Å²) in [5.74, 6) is -1.22. The first kappa shape index (κ1) is 19.5. The Morgan fingerprint density at radius 2 is 1.96 bits per heavy atom. The van der Waals surface area contributed by atoms with Gasteiger partial charge in [-0.3, -0.25) is 4.79 Å². The van der Waals surface area contributed by atoms with Gasteiger partial charge in [0.1, 0.15) is 0 Å². The number of ketones is 1. The molecule has 3 rings (SSSR count). The molecule has 0 aliphatic carbocycles. The fraction of sp³-hybridized carbons (Fsp3) is 0.294. The van der Waals surface area contributed by atoms with E-state index in [4.69, 9.17) is 4.74 Å². The summed E-state index contributed by atoms with van der Waals surface area (Å²) in [4.78, 5) is 31.5. The van der Waals surface area contributed by atoms with Crippen LogP contribution in [0, 0.1) is 6.92 Å². The van der Waals surface area contributed by atoms with Crippen LogP contribution in [0.15, 0.2) is 51.7 Å². The molecule has 1 saturated heterocycles. The van der Waals surface area contributed by atoms with Crippen molar-refractivity contribution in [3.05, 3.63) is 42.2 Å². The average Bonchev–Trinajstić information content (AvgIpc) is 3.02. The minimum absolute atomic E-state index is 0.0295. The number of Topliss-reactive ketones (excluding diaryl/α,β-unsaturated/α-hetero) is 1. The van der Waals surface area contributed by atoms with E-state index in [-0.39, 0.29) is 29.6 Å². The number of cyclic esters (lactones) is 1. The van der Waals surface area contributed by atoms with Crippen molar-refractivity contribution >= 4 is 33.4 Å². The summed E-state index contributed by atoms with van der Waals surface area (Å²) in [6.45, 7) is 3.06. The number of ether oxygens (including phenoxy) is 1. The molecule has 0 spiro atoms. The SMILES string of the molecule is CC(=O)[C@@]1(N=Nc2ccc(S(=O)(=O)Nc3nccc(C)n3)cc2)CCOC1=O. The molecule has 1 aromatic carbocycles. The normalized spacial score (nSPS) is 19.6. The number of aromatic nitrogens is 2. The summed E-state index contributed by atoms with van der Waals surface area (Å²) in [7, 11) is -3.89. The molecular formula is C17H17N5O5S. The van der Waals surface area contributed by atoms with Gasteiger partial charge in [0.2, 0.25) is 11.5 Å². The number of azo groups is 1. The minimum atomic E-state index is -3.89. The molecule has 0 saturated carbocycles. The number of aryl methyl sites for hydroxylation is 1. The monoisotopic (exact) mass is 403 g/mol. The second-order valence-corrected chi connectivity index (χ2v) is 7.81. The van der Waals surface area contributed by atoms with Crippen LogP contribution < -0.4 is 4.72 Å². The Bertz CT molecular complexity index is 1050. The van der Waals surface area contributed by atoms with Crippen molar-refractivity contribution in [2.75, 3.05) is 11.3 Å². The number of sulfonamides is 1. The summed E-state index contributed by atoms with van der Waals surface area (Å²) in [5.41, 5.74) is -0.728. The number of carbonyl (C=O) groups excluding carboxylic acids is 2. The molecule has 28 heavy (non-hydrogen) atoms. The molecule has 146 valence electrons. The van der Waals surface area contributed by atoms with Crippen molar-refractivity contribution in [3.63, 3.8) is 0 Å². The molecule has 10 nitrogen and oxygen atoms in total. The zero-order valence-electron chi connectivity index (χ0n) is 15.1. The number of hydrogen-bond donors (Lipinski definition) is 1. The van der Waals surface area contributed by atoms with Gasteiger partial charge in [-0.1, -0.05) is 0 Å². The largest absolute Gasteiger partial charge is 0.463 e. The molecule has 1 fully saturated rings. The molecule has 1 aliphatic heterocycles. The Labute approximate surface area is 161 Å². The summed E-state index contributed by atoms with van der Waals surface area (Å²) in [5, 5.41) is 7.80. The summed E-state index contributed by atoms with van der Waals surface area (Å²) in [6.07, 6.45) is 1.57. The number of rotatable bonds is 6. The number of esters is 1. The Morgan fingerprint density at radius 3 is 2.54 bits per heavy atom. The zero-order chi connectivity index (χ0) is 20.4. The van der Waals surface area contributed by atoms with Gasteiger partial charge in [0, 0.05) is 18.3 Å². The Kier molecular flexibility index (Phi) is 5.18. The van der Waals surface area contributed by atoms with E-state index in [1.54, 1.807) is 13.0 Å². The third-order valence-electron chi connectivity index (χ3n) is 4.12. The molecule has 0 amide bonds. The highest BCUT2D eigenvalue weighted by Crippen LogP contribution is 2.28. The number of nitrogens with zero attached hydrogens (tertiary/aromatic N) is 4. The van der Waals surface area contributed by atoms with Crippen LogP contribution in [-0.4, -0.2) is 42.3 Å². The number of anilines is 1. The molecule has 2 heterocycles. The molecule has 1 aliphatic rings. The minimum Gasteiger partial charge on any atom is -0.463 e. The van der Waals surface area contributed by atoms with Crippen LogP contribution in [0.5, 0.6) is 0 Å². The number of benzene rings is 1. The fourth-order valence-electron chi connectivity index (χ4n) is 2.51. The van der Waals surface area contributed by atoms with Gasteiger partial charge in [-0.25, -0.2) is 27.9 Å². The molecule has 1 atom stereocenters. The van der Waals surface area contributed by atoms with E-state index in [1.807, 2.05) is 0 Å². The highest BCUT2D eigenvalue weighted by molar-refractivity contribution is 7.92. The second-order valence-electron chi connectivity index (χ2n) is 6.12. The maximum Gasteiger partial charge on any atom is 0.343 e. The van der Waals surface area contributed by atoms with Crippen LogP contribution in [0.4, 0.5) is 11.6 Å². The van der Waals surface area contributed by atoms with Crippen molar-refractivity contribution in [3.8, 4) is 0 Å². The van der Waals surface area contributed by atoms with Crippen LogP contribution in [0.25, 0.3) is 0 Å². The molecule has 11 heteroatoms. The van der Waals surface area contributed by atoms with E-state index in [1.165, 1.54) is 37.4 Å². The van der Waals surface area contributed by atoms with Gasteiger partial charge in [-0.2, -0.15) is 10.2 Å². The quantitative estimate of drug-likeness (QED) is 0.441. The van der Waals surface area contributed by atoms with Gasteiger partial charge < -0.3 is 4.74 Å². The van der Waals surface area contributed by atoms with Crippen LogP contribution >= 0.6 is 0 Å². The standard InChI is InChI=1S/C17H17N5O5S/c1-11-7-9-18-16(19-11)21-28(25,26)14-5-3-13(4-6-14)20-22-17(12(2)23)8-10-27-15(17)24/h3-7,9H,8,10H2,1-2H3,(H,18,19,21)/t17-/m0/s1. The smallest absolute Gasteiger partial charge is 0.343 e. The Hall–Kier alpha value is -3.21. The number of hydrogen-bond acceptors (Lipinski definition) is 9. The van der Waals surface area contributed by atoms with E-state index in [0.717, 1.165) is 0 Å². The molecule has 1 aromatic heterocycles. The van der Waals surface area contributed by atoms with E-state index in [9.17, 15) is 18.0 Å². The summed E-state index contributed by atoms with van der Waals surface area (Å²) in [6, 6.07) is 7.10. The highest BCUT2D eigenvalue weighted by atomic mass is 32.2. The molecule has 1 N–H and O–H groups in total. The molecule has 0 bridgehead atoms. The topological polar surface area (TPSA) is 140 Å². The Balaban J connectivity index is 1.79. The van der Waals surface area contributed by atoms with Gasteiger partial charge in [0.05, 0.1) is 17.2 Å². The molecule has 0 unspecified atom stereocenters. The summed E-state index contributed by atoms with van der Waals surface area (Å²) < 4.78 is 32.0. The first-order valence-electron chi connectivity index (χ1n) is 8.27. The average molecular weight is 403 g/mol.